The van der Waals surface area contributed by atoms with Crippen LogP contribution in [0.15, 0.2) is 24.3 Å². The van der Waals surface area contributed by atoms with E-state index in [1.165, 1.54) is 12.8 Å². The second kappa shape index (κ2) is 8.10. The lowest BCUT2D eigenvalue weighted by molar-refractivity contribution is -0.118. The second-order valence-corrected chi connectivity index (χ2v) is 6.86. The van der Waals surface area contributed by atoms with Crippen molar-refractivity contribution in [2.45, 2.75) is 32.2 Å². The molecule has 0 spiro atoms. The summed E-state index contributed by atoms with van der Waals surface area (Å²) >= 11 is 2.25. The summed E-state index contributed by atoms with van der Waals surface area (Å²) in [6.45, 7) is 4.17. The Hall–Kier alpha value is -0.660. The number of benzene rings is 1. The van der Waals surface area contributed by atoms with Crippen LogP contribution in [0.5, 0.6) is 0 Å². The van der Waals surface area contributed by atoms with E-state index in [0.717, 1.165) is 28.8 Å². The molecule has 1 aromatic rings. The van der Waals surface area contributed by atoms with Crippen LogP contribution in [0.2, 0.25) is 0 Å². The van der Waals surface area contributed by atoms with E-state index in [2.05, 4.69) is 39.7 Å². The third kappa shape index (κ3) is 4.66. The number of nitrogens with one attached hydrogen (secondary N) is 1. The molecule has 1 amide bonds. The Morgan fingerprint density at radius 3 is 2.95 bits per heavy atom. The van der Waals surface area contributed by atoms with Crippen LogP contribution in [-0.2, 0) is 4.79 Å². The van der Waals surface area contributed by atoms with Gasteiger partial charge in [-0.25, -0.2) is 0 Å². The fourth-order valence-electron chi connectivity index (χ4n) is 3.19. The molecule has 4 nitrogen and oxygen atoms in total. The molecule has 0 saturated heterocycles. The standard InChI is InChI=1S/C16H24IN3O/c1-2-20(15-8-3-5-12(15)10-18)11-16(21)19-14-7-4-6-13(17)9-14/h4,6-7,9,12,15H,2-3,5,8,10-11,18H2,1H3,(H,19,21). The minimum absolute atomic E-state index is 0.0570. The van der Waals surface area contributed by atoms with Crippen LogP contribution in [0.1, 0.15) is 26.2 Å². The number of hydrogen-bond donors (Lipinski definition) is 2. The molecule has 116 valence electrons. The number of likely N-dealkylation sites (N-methyl/N-ethyl adjacent to an activating group) is 1. The lowest BCUT2D eigenvalue weighted by Gasteiger charge is -2.31. The van der Waals surface area contributed by atoms with E-state index in [9.17, 15) is 4.79 Å². The summed E-state index contributed by atoms with van der Waals surface area (Å²) < 4.78 is 1.12. The molecule has 0 heterocycles. The van der Waals surface area contributed by atoms with Crippen LogP contribution in [0.25, 0.3) is 0 Å². The Bertz CT molecular complexity index is 480. The van der Waals surface area contributed by atoms with Gasteiger partial charge < -0.3 is 11.1 Å². The quantitative estimate of drug-likeness (QED) is 0.721. The van der Waals surface area contributed by atoms with Gasteiger partial charge in [0.1, 0.15) is 0 Å². The molecule has 3 N–H and O–H groups in total. The topological polar surface area (TPSA) is 58.4 Å². The van der Waals surface area contributed by atoms with Crippen LogP contribution in [0.4, 0.5) is 5.69 Å². The molecule has 1 aliphatic carbocycles. The van der Waals surface area contributed by atoms with Gasteiger partial charge in [0.05, 0.1) is 6.54 Å². The normalized spacial score (nSPS) is 21.7. The highest BCUT2D eigenvalue weighted by molar-refractivity contribution is 14.1. The predicted octanol–water partition coefficient (Wildman–Crippen LogP) is 2.68. The van der Waals surface area contributed by atoms with Crippen LogP contribution in [0, 0.1) is 9.49 Å². The molecule has 0 bridgehead atoms. The van der Waals surface area contributed by atoms with Gasteiger partial charge in [-0.05, 0) is 72.6 Å². The van der Waals surface area contributed by atoms with Crippen molar-refractivity contribution < 1.29 is 4.79 Å². The second-order valence-electron chi connectivity index (χ2n) is 5.62. The molecule has 0 aliphatic heterocycles. The summed E-state index contributed by atoms with van der Waals surface area (Å²) in [6, 6.07) is 8.33. The summed E-state index contributed by atoms with van der Waals surface area (Å²) in [5.74, 6) is 0.594. The van der Waals surface area contributed by atoms with E-state index >= 15 is 0 Å². The molecule has 1 aromatic carbocycles. The van der Waals surface area contributed by atoms with E-state index in [-0.39, 0.29) is 5.91 Å². The fraction of sp³-hybridized carbons (Fsp3) is 0.562. The minimum atomic E-state index is 0.0570. The van der Waals surface area contributed by atoms with E-state index in [4.69, 9.17) is 5.73 Å². The molecule has 1 fully saturated rings. The zero-order valence-electron chi connectivity index (χ0n) is 12.5. The van der Waals surface area contributed by atoms with Crippen molar-refractivity contribution in [3.63, 3.8) is 0 Å². The number of carbonyl (C=O) groups excluding carboxylic acids is 1. The number of nitrogens with zero attached hydrogens (tertiary/aromatic N) is 1. The summed E-state index contributed by atoms with van der Waals surface area (Å²) in [5.41, 5.74) is 6.73. The van der Waals surface area contributed by atoms with E-state index < -0.39 is 0 Å². The molecule has 1 aliphatic rings. The largest absolute Gasteiger partial charge is 0.330 e. The highest BCUT2D eigenvalue weighted by atomic mass is 127. The van der Waals surface area contributed by atoms with E-state index in [0.29, 0.717) is 18.5 Å². The number of nitrogens with two attached hydrogens (primary N) is 1. The summed E-state index contributed by atoms with van der Waals surface area (Å²) in [5, 5.41) is 2.99. The van der Waals surface area contributed by atoms with E-state index in [1.807, 2.05) is 24.3 Å². The smallest absolute Gasteiger partial charge is 0.238 e. The minimum Gasteiger partial charge on any atom is -0.330 e. The first-order valence-corrected chi connectivity index (χ1v) is 8.71. The lowest BCUT2D eigenvalue weighted by Crippen LogP contribution is -2.44. The number of carbonyl (C=O) groups is 1. The maximum Gasteiger partial charge on any atom is 0.238 e. The van der Waals surface area contributed by atoms with Gasteiger partial charge in [-0.1, -0.05) is 19.4 Å². The van der Waals surface area contributed by atoms with Gasteiger partial charge in [-0.15, -0.1) is 0 Å². The molecule has 2 rings (SSSR count). The van der Waals surface area contributed by atoms with Gasteiger partial charge >= 0.3 is 0 Å². The molecule has 2 atom stereocenters. The Balaban J connectivity index is 1.93. The first kappa shape index (κ1) is 16.7. The molecular weight excluding hydrogens is 377 g/mol. The third-order valence-electron chi connectivity index (χ3n) is 4.25. The van der Waals surface area contributed by atoms with Crippen molar-refractivity contribution in [1.29, 1.82) is 0 Å². The highest BCUT2D eigenvalue weighted by Gasteiger charge is 2.31. The Morgan fingerprint density at radius 2 is 2.29 bits per heavy atom. The lowest BCUT2D eigenvalue weighted by atomic mass is 10.0. The Labute approximate surface area is 140 Å². The number of rotatable bonds is 6. The van der Waals surface area contributed by atoms with Crippen LogP contribution in [-0.4, -0.2) is 36.5 Å². The van der Waals surface area contributed by atoms with Crippen molar-refractivity contribution in [3.8, 4) is 0 Å². The van der Waals surface area contributed by atoms with Gasteiger partial charge in [0.2, 0.25) is 5.91 Å². The maximum atomic E-state index is 12.3. The van der Waals surface area contributed by atoms with Crippen molar-refractivity contribution in [2.75, 3.05) is 25.0 Å². The first-order chi connectivity index (χ1) is 10.1. The molecule has 1 saturated carbocycles. The van der Waals surface area contributed by atoms with Gasteiger partial charge in [-0.3, -0.25) is 9.69 Å². The maximum absolute atomic E-state index is 12.3. The number of halogens is 1. The van der Waals surface area contributed by atoms with Gasteiger partial charge in [0.25, 0.3) is 0 Å². The average Bonchev–Trinajstić information content (AvgIpc) is 2.93. The summed E-state index contributed by atoms with van der Waals surface area (Å²) in [7, 11) is 0. The Kier molecular flexibility index (Phi) is 6.44. The van der Waals surface area contributed by atoms with Crippen molar-refractivity contribution in [2.24, 2.45) is 11.7 Å². The fourth-order valence-corrected chi connectivity index (χ4v) is 3.73. The van der Waals surface area contributed by atoms with E-state index in [1.54, 1.807) is 0 Å². The third-order valence-corrected chi connectivity index (χ3v) is 4.92. The van der Waals surface area contributed by atoms with Gasteiger partial charge in [0.15, 0.2) is 0 Å². The SMILES string of the molecule is CCN(CC(=O)Nc1cccc(I)c1)C1CCCC1CN. The summed E-state index contributed by atoms with van der Waals surface area (Å²) in [6.07, 6.45) is 3.57. The van der Waals surface area contributed by atoms with Crippen molar-refractivity contribution in [3.05, 3.63) is 27.8 Å². The number of anilines is 1. The molecule has 2 unspecified atom stereocenters. The van der Waals surface area contributed by atoms with Crippen LogP contribution in [0.3, 0.4) is 0 Å². The average molecular weight is 401 g/mol. The Morgan fingerprint density at radius 1 is 1.48 bits per heavy atom. The number of hydrogen-bond acceptors (Lipinski definition) is 3. The monoisotopic (exact) mass is 401 g/mol. The van der Waals surface area contributed by atoms with Crippen molar-refractivity contribution >= 4 is 34.2 Å². The molecule has 5 heteroatoms. The van der Waals surface area contributed by atoms with Crippen LogP contribution < -0.4 is 11.1 Å². The predicted molar refractivity (Wildman–Crippen MR) is 95.2 cm³/mol. The zero-order chi connectivity index (χ0) is 15.2. The van der Waals surface area contributed by atoms with Gasteiger partial charge in [-0.2, -0.15) is 0 Å². The molecule has 0 aromatic heterocycles. The van der Waals surface area contributed by atoms with Gasteiger partial charge in [0, 0.05) is 15.3 Å². The first-order valence-electron chi connectivity index (χ1n) is 7.63. The molecule has 21 heavy (non-hydrogen) atoms. The van der Waals surface area contributed by atoms with Crippen LogP contribution >= 0.6 is 22.6 Å². The highest BCUT2D eigenvalue weighted by Crippen LogP contribution is 2.29. The number of amides is 1. The molecule has 0 radical (unpaired) electrons. The zero-order valence-corrected chi connectivity index (χ0v) is 14.7. The molecular formula is C16H24IN3O. The summed E-state index contributed by atoms with van der Waals surface area (Å²) in [4.78, 5) is 14.5. The van der Waals surface area contributed by atoms with Crippen molar-refractivity contribution in [1.82, 2.24) is 4.90 Å².